The second-order valence-electron chi connectivity index (χ2n) is 6.38. The van der Waals surface area contributed by atoms with Gasteiger partial charge in [0, 0.05) is 13.1 Å². The minimum absolute atomic E-state index is 0.925. The smallest absolute Gasteiger partial charge is 0.0131 e. The van der Waals surface area contributed by atoms with Crippen LogP contribution in [0.1, 0.15) is 77.0 Å². The highest BCUT2D eigenvalue weighted by Gasteiger charge is 2.21. The second-order valence-corrected chi connectivity index (χ2v) is 6.38. The monoisotopic (exact) mass is 252 g/mol. The topological polar surface area (TPSA) is 24.1 Å². The zero-order valence-corrected chi connectivity index (χ0v) is 12.1. The first-order valence-electron chi connectivity index (χ1n) is 8.42. The van der Waals surface area contributed by atoms with Gasteiger partial charge >= 0.3 is 0 Å². The van der Waals surface area contributed by atoms with Crippen molar-refractivity contribution in [2.75, 3.05) is 13.1 Å². The Hall–Kier alpha value is -0.0800. The van der Waals surface area contributed by atoms with Crippen molar-refractivity contribution >= 4 is 0 Å². The molecule has 106 valence electrons. The summed E-state index contributed by atoms with van der Waals surface area (Å²) >= 11 is 0. The normalized spacial score (nSPS) is 30.3. The van der Waals surface area contributed by atoms with Crippen LogP contribution < -0.4 is 10.9 Å². The van der Waals surface area contributed by atoms with Crippen LogP contribution in [0.5, 0.6) is 0 Å². The Balaban J connectivity index is 1.83. The maximum absolute atomic E-state index is 3.48. The average Bonchev–Trinajstić information content (AvgIpc) is 2.61. The van der Waals surface area contributed by atoms with Gasteiger partial charge in [0.1, 0.15) is 0 Å². The van der Waals surface area contributed by atoms with Crippen molar-refractivity contribution in [1.82, 2.24) is 10.9 Å². The highest BCUT2D eigenvalue weighted by atomic mass is 15.3. The van der Waals surface area contributed by atoms with E-state index in [0.29, 0.717) is 0 Å². The van der Waals surface area contributed by atoms with Crippen molar-refractivity contribution < 1.29 is 0 Å². The third-order valence-electron chi connectivity index (χ3n) is 4.93. The maximum atomic E-state index is 3.48. The van der Waals surface area contributed by atoms with E-state index >= 15 is 0 Å². The van der Waals surface area contributed by atoms with E-state index in [-0.39, 0.29) is 0 Å². The molecule has 1 unspecified atom stereocenters. The van der Waals surface area contributed by atoms with Crippen LogP contribution in [0.25, 0.3) is 0 Å². The van der Waals surface area contributed by atoms with Gasteiger partial charge in [0.25, 0.3) is 0 Å². The van der Waals surface area contributed by atoms with Crippen LogP contribution in [0.3, 0.4) is 0 Å². The van der Waals surface area contributed by atoms with Crippen LogP contribution in [-0.4, -0.2) is 13.1 Å². The fraction of sp³-hybridized carbons (Fsp3) is 1.00. The minimum atomic E-state index is 0.925. The summed E-state index contributed by atoms with van der Waals surface area (Å²) in [5, 5.41) is 0. The Bertz CT molecular complexity index is 163. The number of hydrogen-bond donors (Lipinski definition) is 2. The summed E-state index contributed by atoms with van der Waals surface area (Å²) in [4.78, 5) is 0. The summed E-state index contributed by atoms with van der Waals surface area (Å²) in [6.07, 6.45) is 17.5. The Morgan fingerprint density at radius 3 is 1.78 bits per heavy atom. The quantitative estimate of drug-likeness (QED) is 0.736. The predicted octanol–water partition coefficient (Wildman–Crippen LogP) is 4.02. The average molecular weight is 252 g/mol. The Labute approximate surface area is 113 Å². The fourth-order valence-corrected chi connectivity index (χ4v) is 3.73. The molecular formula is C16H32N2. The molecule has 2 nitrogen and oxygen atoms in total. The summed E-state index contributed by atoms with van der Waals surface area (Å²) < 4.78 is 0. The lowest BCUT2D eigenvalue weighted by Gasteiger charge is -2.27. The molecule has 0 bridgehead atoms. The van der Waals surface area contributed by atoms with E-state index in [4.69, 9.17) is 0 Å². The number of hydrogen-bond acceptors (Lipinski definition) is 2. The van der Waals surface area contributed by atoms with Crippen molar-refractivity contribution in [3.63, 3.8) is 0 Å². The lowest BCUT2D eigenvalue weighted by atomic mass is 9.81. The van der Waals surface area contributed by atoms with Gasteiger partial charge in [-0.05, 0) is 24.7 Å². The van der Waals surface area contributed by atoms with Gasteiger partial charge < -0.3 is 0 Å². The summed E-state index contributed by atoms with van der Waals surface area (Å²) in [5.74, 6) is 1.92. The van der Waals surface area contributed by atoms with E-state index in [0.717, 1.165) is 18.4 Å². The third kappa shape index (κ3) is 5.27. The van der Waals surface area contributed by atoms with Gasteiger partial charge in [-0.2, -0.15) is 0 Å². The summed E-state index contributed by atoms with van der Waals surface area (Å²) in [7, 11) is 0. The summed E-state index contributed by atoms with van der Waals surface area (Å²) in [6.45, 7) is 2.35. The van der Waals surface area contributed by atoms with E-state index in [1.54, 1.807) is 0 Å². The highest BCUT2D eigenvalue weighted by molar-refractivity contribution is 4.74. The second kappa shape index (κ2) is 8.92. The van der Waals surface area contributed by atoms with E-state index in [1.165, 1.54) is 83.6 Å². The molecule has 1 atom stereocenters. The maximum Gasteiger partial charge on any atom is 0.0131 e. The number of rotatable bonds is 1. The fourth-order valence-electron chi connectivity index (χ4n) is 3.73. The zero-order valence-electron chi connectivity index (χ0n) is 12.1. The lowest BCUT2D eigenvalue weighted by Crippen LogP contribution is -2.37. The molecule has 0 spiro atoms. The van der Waals surface area contributed by atoms with Gasteiger partial charge in [0.2, 0.25) is 0 Å². The molecule has 0 radical (unpaired) electrons. The molecule has 2 aliphatic rings. The molecule has 18 heavy (non-hydrogen) atoms. The third-order valence-corrected chi connectivity index (χ3v) is 4.93. The van der Waals surface area contributed by atoms with Crippen LogP contribution in [0.2, 0.25) is 0 Å². The van der Waals surface area contributed by atoms with Crippen LogP contribution in [0.15, 0.2) is 0 Å². The van der Waals surface area contributed by atoms with Gasteiger partial charge in [-0.1, -0.05) is 64.2 Å². The van der Waals surface area contributed by atoms with Crippen LogP contribution in [0.4, 0.5) is 0 Å². The Morgan fingerprint density at radius 2 is 1.06 bits per heavy atom. The van der Waals surface area contributed by atoms with Gasteiger partial charge in [0.05, 0.1) is 0 Å². The van der Waals surface area contributed by atoms with E-state index in [1.807, 2.05) is 0 Å². The van der Waals surface area contributed by atoms with Gasteiger partial charge in [-0.15, -0.1) is 0 Å². The lowest BCUT2D eigenvalue weighted by molar-refractivity contribution is 0.252. The molecule has 2 rings (SSSR count). The molecule has 0 aromatic rings. The van der Waals surface area contributed by atoms with Crippen molar-refractivity contribution in [2.24, 2.45) is 11.8 Å². The van der Waals surface area contributed by atoms with Gasteiger partial charge in [0.15, 0.2) is 0 Å². The molecule has 2 fully saturated rings. The van der Waals surface area contributed by atoms with Gasteiger partial charge in [-0.3, -0.25) is 10.9 Å². The number of nitrogens with one attached hydrogen (secondary N) is 2. The molecule has 0 aromatic carbocycles. The molecule has 2 heteroatoms. The van der Waals surface area contributed by atoms with Gasteiger partial charge in [-0.25, -0.2) is 0 Å². The molecule has 1 aliphatic heterocycles. The molecule has 0 aromatic heterocycles. The molecule has 1 aliphatic carbocycles. The van der Waals surface area contributed by atoms with Crippen molar-refractivity contribution in [3.8, 4) is 0 Å². The van der Waals surface area contributed by atoms with Crippen LogP contribution in [0, 0.1) is 11.8 Å². The number of hydrazine groups is 1. The van der Waals surface area contributed by atoms with Crippen molar-refractivity contribution in [1.29, 1.82) is 0 Å². The van der Waals surface area contributed by atoms with Crippen LogP contribution in [-0.2, 0) is 0 Å². The Kier molecular flexibility index (Phi) is 7.11. The molecular weight excluding hydrogens is 220 g/mol. The first-order valence-corrected chi connectivity index (χ1v) is 8.42. The molecule has 1 saturated carbocycles. The largest absolute Gasteiger partial charge is 0.258 e. The standard InChI is InChI=1S/C16H32N2/c1-2-4-7-11-15(10-6-3-1)16-12-8-5-9-13-17-18-14-16/h15-18H,1-14H2. The van der Waals surface area contributed by atoms with Crippen molar-refractivity contribution in [3.05, 3.63) is 0 Å². The van der Waals surface area contributed by atoms with E-state index in [2.05, 4.69) is 10.9 Å². The zero-order chi connectivity index (χ0) is 12.5. The predicted molar refractivity (Wildman–Crippen MR) is 78.4 cm³/mol. The Morgan fingerprint density at radius 1 is 0.500 bits per heavy atom. The molecule has 1 heterocycles. The summed E-state index contributed by atoms with van der Waals surface area (Å²) in [6, 6.07) is 0. The highest BCUT2D eigenvalue weighted by Crippen LogP contribution is 2.30. The first-order chi connectivity index (χ1) is 8.97. The van der Waals surface area contributed by atoms with E-state index < -0.39 is 0 Å². The minimum Gasteiger partial charge on any atom is -0.258 e. The van der Waals surface area contributed by atoms with Crippen molar-refractivity contribution in [2.45, 2.75) is 77.0 Å². The molecule has 2 N–H and O–H groups in total. The molecule has 1 saturated heterocycles. The SMILES string of the molecule is C1CCCCC(C2CCCCCNNC2)CCC1. The first kappa shape index (κ1) is 14.3. The summed E-state index contributed by atoms with van der Waals surface area (Å²) in [5.41, 5.74) is 6.86. The van der Waals surface area contributed by atoms with Crippen LogP contribution >= 0.6 is 0 Å². The van der Waals surface area contributed by atoms with E-state index in [9.17, 15) is 0 Å². The molecule has 0 amide bonds.